The Morgan fingerprint density at radius 3 is 2.48 bits per heavy atom. The van der Waals surface area contributed by atoms with E-state index in [1.165, 1.54) is 19.3 Å². The van der Waals surface area contributed by atoms with Crippen LogP contribution in [0.3, 0.4) is 0 Å². The SMILES string of the molecule is COC1=CC(=O)C=C(C[C@@H]2[C@@](C)(O)CCC3[C@@]45CCC[C@](C)(C(=O)OC4)C5CC[C@]32C)C1=O. The van der Waals surface area contributed by atoms with Crippen LogP contribution in [0.25, 0.3) is 0 Å². The summed E-state index contributed by atoms with van der Waals surface area (Å²) in [5.41, 5.74) is -1.23. The van der Waals surface area contributed by atoms with Gasteiger partial charge < -0.3 is 14.6 Å². The number of aliphatic hydroxyl groups is 1. The van der Waals surface area contributed by atoms with E-state index >= 15 is 0 Å². The number of esters is 1. The third-order valence-electron chi connectivity index (χ3n) is 10.4. The summed E-state index contributed by atoms with van der Waals surface area (Å²) < 4.78 is 11.0. The molecule has 0 aromatic rings. The summed E-state index contributed by atoms with van der Waals surface area (Å²) in [6.45, 7) is 6.73. The molecule has 1 saturated heterocycles. The number of ether oxygens (including phenoxy) is 2. The fourth-order valence-electron chi connectivity index (χ4n) is 8.92. The molecule has 4 fully saturated rings. The summed E-state index contributed by atoms with van der Waals surface area (Å²) >= 11 is 0. The van der Waals surface area contributed by atoms with E-state index in [1.807, 2.05) is 6.92 Å². The topological polar surface area (TPSA) is 89.9 Å². The van der Waals surface area contributed by atoms with Crippen LogP contribution >= 0.6 is 0 Å². The van der Waals surface area contributed by atoms with Crippen molar-refractivity contribution in [3.63, 3.8) is 0 Å². The quantitative estimate of drug-likeness (QED) is 0.512. The third kappa shape index (κ3) is 3.05. The maximum absolute atomic E-state index is 13.0. The van der Waals surface area contributed by atoms with Crippen LogP contribution in [-0.4, -0.2) is 42.0 Å². The number of rotatable bonds is 3. The van der Waals surface area contributed by atoms with Crippen molar-refractivity contribution in [2.75, 3.05) is 13.7 Å². The Morgan fingerprint density at radius 2 is 1.76 bits per heavy atom. The molecule has 0 amide bonds. The lowest BCUT2D eigenvalue weighted by Gasteiger charge is -2.69. The monoisotopic (exact) mass is 456 g/mol. The first kappa shape index (κ1) is 22.8. The predicted molar refractivity (Wildman–Crippen MR) is 121 cm³/mol. The van der Waals surface area contributed by atoms with Crippen LogP contribution in [0.4, 0.5) is 0 Å². The maximum atomic E-state index is 13.0. The zero-order valence-corrected chi connectivity index (χ0v) is 20.2. The number of methoxy groups -OCH3 is 1. The van der Waals surface area contributed by atoms with Crippen LogP contribution in [0.5, 0.6) is 0 Å². The normalized spacial score (nSPS) is 47.1. The maximum Gasteiger partial charge on any atom is 0.312 e. The Balaban J connectivity index is 1.53. The summed E-state index contributed by atoms with van der Waals surface area (Å²) in [6.07, 6.45) is 9.32. The average molecular weight is 457 g/mol. The van der Waals surface area contributed by atoms with Gasteiger partial charge in [0.25, 0.3) is 0 Å². The smallest absolute Gasteiger partial charge is 0.312 e. The van der Waals surface area contributed by atoms with Crippen molar-refractivity contribution in [2.45, 2.75) is 77.7 Å². The van der Waals surface area contributed by atoms with E-state index in [9.17, 15) is 19.5 Å². The molecule has 6 heteroatoms. The number of allylic oxidation sites excluding steroid dienone is 3. The Hall–Kier alpha value is -1.95. The van der Waals surface area contributed by atoms with Crippen molar-refractivity contribution >= 4 is 17.5 Å². The minimum atomic E-state index is -0.948. The fourth-order valence-corrected chi connectivity index (χ4v) is 8.92. The molecular weight excluding hydrogens is 420 g/mol. The molecule has 33 heavy (non-hydrogen) atoms. The minimum absolute atomic E-state index is 0.0406. The number of carbonyl (C=O) groups excluding carboxylic acids is 3. The molecule has 6 nitrogen and oxygen atoms in total. The molecule has 1 heterocycles. The van der Waals surface area contributed by atoms with Crippen LogP contribution in [-0.2, 0) is 23.9 Å². The van der Waals surface area contributed by atoms with Crippen LogP contribution in [0.15, 0.2) is 23.5 Å². The van der Waals surface area contributed by atoms with Gasteiger partial charge in [-0.25, -0.2) is 0 Å². The van der Waals surface area contributed by atoms with Gasteiger partial charge in [-0.2, -0.15) is 0 Å². The van der Waals surface area contributed by atoms with E-state index in [-0.39, 0.29) is 40.0 Å². The molecule has 4 aliphatic carbocycles. The van der Waals surface area contributed by atoms with E-state index < -0.39 is 11.0 Å². The van der Waals surface area contributed by atoms with E-state index in [4.69, 9.17) is 9.47 Å². The highest BCUT2D eigenvalue weighted by Gasteiger charge is 2.69. The van der Waals surface area contributed by atoms with Crippen molar-refractivity contribution in [1.82, 2.24) is 0 Å². The molecule has 0 spiro atoms. The molecule has 2 unspecified atom stereocenters. The number of hydrogen-bond donors (Lipinski definition) is 1. The second-order valence-electron chi connectivity index (χ2n) is 12.0. The van der Waals surface area contributed by atoms with E-state index in [0.717, 1.165) is 38.5 Å². The van der Waals surface area contributed by atoms with Gasteiger partial charge in [0.15, 0.2) is 11.5 Å². The highest BCUT2D eigenvalue weighted by atomic mass is 16.5. The van der Waals surface area contributed by atoms with Gasteiger partial charge in [0, 0.05) is 17.1 Å². The molecule has 2 bridgehead atoms. The minimum Gasteiger partial charge on any atom is -0.493 e. The number of hydrogen-bond acceptors (Lipinski definition) is 6. The van der Waals surface area contributed by atoms with Gasteiger partial charge in [-0.3, -0.25) is 14.4 Å². The van der Waals surface area contributed by atoms with Gasteiger partial charge in [0.1, 0.15) is 0 Å². The van der Waals surface area contributed by atoms with Gasteiger partial charge in [0.2, 0.25) is 5.78 Å². The first-order valence-electron chi connectivity index (χ1n) is 12.4. The van der Waals surface area contributed by atoms with Gasteiger partial charge in [0.05, 0.1) is 24.7 Å². The average Bonchev–Trinajstić information content (AvgIpc) is 2.75. The van der Waals surface area contributed by atoms with Crippen LogP contribution in [0, 0.1) is 34.0 Å². The van der Waals surface area contributed by atoms with Crippen molar-refractivity contribution in [3.05, 3.63) is 23.5 Å². The number of ketones is 2. The largest absolute Gasteiger partial charge is 0.493 e. The second-order valence-corrected chi connectivity index (χ2v) is 12.0. The highest BCUT2D eigenvalue weighted by molar-refractivity contribution is 6.19. The van der Waals surface area contributed by atoms with Crippen molar-refractivity contribution in [1.29, 1.82) is 0 Å². The van der Waals surface area contributed by atoms with Crippen molar-refractivity contribution in [3.8, 4) is 0 Å². The zero-order chi connectivity index (χ0) is 23.8. The van der Waals surface area contributed by atoms with E-state index in [0.29, 0.717) is 36.9 Å². The van der Waals surface area contributed by atoms with Crippen molar-refractivity contribution in [2.24, 2.45) is 34.0 Å². The van der Waals surface area contributed by atoms with Crippen LogP contribution in [0.2, 0.25) is 0 Å². The predicted octanol–water partition coefficient (Wildman–Crippen LogP) is 3.91. The van der Waals surface area contributed by atoms with Gasteiger partial charge in [-0.1, -0.05) is 13.3 Å². The number of fused-ring (bicyclic) bond motifs is 1. The Kier molecular flexibility index (Phi) is 5.03. The lowest BCUT2D eigenvalue weighted by atomic mass is 9.37. The van der Waals surface area contributed by atoms with Crippen LogP contribution in [0.1, 0.15) is 72.1 Å². The highest BCUT2D eigenvalue weighted by Crippen LogP contribution is 2.71. The molecule has 1 aliphatic heterocycles. The molecule has 1 N–H and O–H groups in total. The summed E-state index contributed by atoms with van der Waals surface area (Å²) in [5.74, 6) is -0.0501. The summed E-state index contributed by atoms with van der Waals surface area (Å²) in [5, 5.41) is 11.6. The summed E-state index contributed by atoms with van der Waals surface area (Å²) in [7, 11) is 1.40. The molecule has 5 rings (SSSR count). The molecule has 5 aliphatic rings. The molecular formula is C27H36O6. The molecule has 0 radical (unpaired) electrons. The first-order chi connectivity index (χ1) is 15.5. The molecule has 3 saturated carbocycles. The number of cyclic esters (lactones) is 1. The zero-order valence-electron chi connectivity index (χ0n) is 20.2. The lowest BCUT2D eigenvalue weighted by molar-refractivity contribution is -0.256. The lowest BCUT2D eigenvalue weighted by Crippen LogP contribution is -2.68. The van der Waals surface area contributed by atoms with Crippen LogP contribution < -0.4 is 0 Å². The van der Waals surface area contributed by atoms with E-state index in [1.54, 1.807) is 0 Å². The molecule has 7 atom stereocenters. The fraction of sp³-hybridized carbons (Fsp3) is 0.741. The third-order valence-corrected chi connectivity index (χ3v) is 10.4. The standard InChI is InChI=1S/C27H36O6/c1-24-10-6-20-25(2)8-5-9-27(20,15-33-23(25)30)19(24)7-11-26(3,31)21(24)13-16-12-17(28)14-18(32-4)22(16)29/h12,14,19-21,31H,5-11,13,15H2,1-4H3/t19?,20?,21-,24+,25-,26-,27+/m0/s1. The first-order valence-corrected chi connectivity index (χ1v) is 12.4. The van der Waals surface area contributed by atoms with Gasteiger partial charge in [-0.15, -0.1) is 0 Å². The van der Waals surface area contributed by atoms with Crippen molar-refractivity contribution < 1.29 is 29.0 Å². The molecule has 180 valence electrons. The number of Topliss-reactive ketones (excluding diaryl/α,β-unsaturated/α-hetero) is 1. The summed E-state index contributed by atoms with van der Waals surface area (Å²) in [6, 6.07) is 0. The summed E-state index contributed by atoms with van der Waals surface area (Å²) in [4.78, 5) is 38.0. The number of carbonyl (C=O) groups is 3. The second kappa shape index (κ2) is 7.27. The Bertz CT molecular complexity index is 975. The van der Waals surface area contributed by atoms with Gasteiger partial charge >= 0.3 is 5.97 Å². The van der Waals surface area contributed by atoms with E-state index in [2.05, 4.69) is 13.8 Å². The molecule has 0 aromatic carbocycles. The van der Waals surface area contributed by atoms with Gasteiger partial charge in [-0.05, 0) is 88.0 Å². The Labute approximate surface area is 195 Å². The molecule has 0 aromatic heterocycles. The Morgan fingerprint density at radius 1 is 1.03 bits per heavy atom.